The Balaban J connectivity index is 2.08. The number of likely N-dealkylation sites (tertiary alicyclic amines) is 1. The first kappa shape index (κ1) is 21.9. The molecule has 0 radical (unpaired) electrons. The average Bonchev–Trinajstić information content (AvgIpc) is 2.71. The van der Waals surface area contributed by atoms with E-state index in [0.717, 1.165) is 25.7 Å². The van der Waals surface area contributed by atoms with Crippen LogP contribution in [0.25, 0.3) is 0 Å². The molecule has 0 saturated carbocycles. The third-order valence-electron chi connectivity index (χ3n) is 5.20. The third-order valence-corrected chi connectivity index (χ3v) is 5.20. The SMILES string of the molecule is CCCN(CCC)C(=O)c1cccc(C(=O)N2CCCC(CCC(=O)O)C2)c1. The predicted molar refractivity (Wildman–Crippen MR) is 108 cm³/mol. The number of aliphatic carboxylic acids is 1. The largest absolute Gasteiger partial charge is 0.481 e. The smallest absolute Gasteiger partial charge is 0.303 e. The summed E-state index contributed by atoms with van der Waals surface area (Å²) in [5, 5.41) is 8.88. The molecule has 1 aliphatic heterocycles. The fourth-order valence-corrected chi connectivity index (χ4v) is 3.82. The van der Waals surface area contributed by atoms with E-state index in [-0.39, 0.29) is 24.2 Å². The number of carboxylic acids is 1. The van der Waals surface area contributed by atoms with Crippen molar-refractivity contribution in [2.24, 2.45) is 5.92 Å². The van der Waals surface area contributed by atoms with Gasteiger partial charge in [0.05, 0.1) is 0 Å². The van der Waals surface area contributed by atoms with Gasteiger partial charge in [-0.05, 0) is 56.2 Å². The Bertz CT molecular complexity index is 683. The number of rotatable bonds is 9. The van der Waals surface area contributed by atoms with E-state index in [4.69, 9.17) is 5.11 Å². The van der Waals surface area contributed by atoms with Gasteiger partial charge in [-0.15, -0.1) is 0 Å². The fraction of sp³-hybridized carbons (Fsp3) is 0.591. The molecule has 1 aliphatic rings. The maximum atomic E-state index is 13.0. The van der Waals surface area contributed by atoms with Crippen LogP contribution < -0.4 is 0 Å². The molecule has 0 bridgehead atoms. The molecule has 0 aromatic heterocycles. The van der Waals surface area contributed by atoms with Gasteiger partial charge in [0.25, 0.3) is 11.8 Å². The molecule has 1 heterocycles. The highest BCUT2D eigenvalue weighted by atomic mass is 16.4. The van der Waals surface area contributed by atoms with E-state index in [2.05, 4.69) is 0 Å². The number of carbonyl (C=O) groups excluding carboxylic acids is 2. The van der Waals surface area contributed by atoms with Crippen molar-refractivity contribution in [2.45, 2.75) is 52.4 Å². The van der Waals surface area contributed by atoms with Crippen molar-refractivity contribution in [2.75, 3.05) is 26.2 Å². The van der Waals surface area contributed by atoms with Gasteiger partial charge in [0.2, 0.25) is 0 Å². The standard InChI is InChI=1S/C22H32N2O4/c1-3-12-23(13-4-2)21(27)18-8-5-9-19(15-18)22(28)24-14-6-7-17(16-24)10-11-20(25)26/h5,8-9,15,17H,3-4,6-7,10-14,16H2,1-2H3,(H,25,26). The first-order valence-corrected chi connectivity index (χ1v) is 10.4. The van der Waals surface area contributed by atoms with Crippen LogP contribution in [0.4, 0.5) is 0 Å². The molecular weight excluding hydrogens is 356 g/mol. The van der Waals surface area contributed by atoms with Crippen LogP contribution in [-0.4, -0.2) is 58.9 Å². The van der Waals surface area contributed by atoms with Gasteiger partial charge in [0, 0.05) is 43.7 Å². The van der Waals surface area contributed by atoms with Crippen molar-refractivity contribution < 1.29 is 19.5 Å². The lowest BCUT2D eigenvalue weighted by atomic mass is 9.93. The number of amides is 2. The fourth-order valence-electron chi connectivity index (χ4n) is 3.82. The highest BCUT2D eigenvalue weighted by molar-refractivity contribution is 5.99. The Morgan fingerprint density at radius 2 is 1.82 bits per heavy atom. The molecule has 28 heavy (non-hydrogen) atoms. The molecule has 1 fully saturated rings. The molecule has 1 saturated heterocycles. The van der Waals surface area contributed by atoms with E-state index >= 15 is 0 Å². The summed E-state index contributed by atoms with van der Waals surface area (Å²) >= 11 is 0. The van der Waals surface area contributed by atoms with E-state index in [9.17, 15) is 14.4 Å². The molecule has 6 heteroatoms. The lowest BCUT2D eigenvalue weighted by molar-refractivity contribution is -0.137. The second-order valence-corrected chi connectivity index (χ2v) is 7.56. The second-order valence-electron chi connectivity index (χ2n) is 7.56. The molecule has 154 valence electrons. The Morgan fingerprint density at radius 1 is 1.14 bits per heavy atom. The minimum atomic E-state index is -0.793. The summed E-state index contributed by atoms with van der Waals surface area (Å²) in [7, 11) is 0. The van der Waals surface area contributed by atoms with Crippen molar-refractivity contribution in [3.8, 4) is 0 Å². The summed E-state index contributed by atoms with van der Waals surface area (Å²) in [6.07, 6.45) is 4.38. The van der Waals surface area contributed by atoms with Crippen LogP contribution in [0.1, 0.15) is 73.1 Å². The van der Waals surface area contributed by atoms with Crippen LogP contribution in [0.5, 0.6) is 0 Å². The van der Waals surface area contributed by atoms with Gasteiger partial charge in [-0.2, -0.15) is 0 Å². The van der Waals surface area contributed by atoms with E-state index < -0.39 is 5.97 Å². The average molecular weight is 389 g/mol. The van der Waals surface area contributed by atoms with Crippen LogP contribution in [0, 0.1) is 5.92 Å². The second kappa shape index (κ2) is 10.8. The third kappa shape index (κ3) is 6.08. The van der Waals surface area contributed by atoms with E-state index in [0.29, 0.717) is 43.7 Å². The lowest BCUT2D eigenvalue weighted by Gasteiger charge is -2.32. The van der Waals surface area contributed by atoms with Crippen molar-refractivity contribution in [3.63, 3.8) is 0 Å². The van der Waals surface area contributed by atoms with Crippen molar-refractivity contribution in [1.82, 2.24) is 9.80 Å². The molecule has 1 N–H and O–H groups in total. The number of piperidine rings is 1. The predicted octanol–water partition coefficient (Wildman–Crippen LogP) is 3.67. The van der Waals surface area contributed by atoms with E-state index in [1.165, 1.54) is 0 Å². The van der Waals surface area contributed by atoms with Crippen molar-refractivity contribution in [1.29, 1.82) is 0 Å². The van der Waals surface area contributed by atoms with Crippen molar-refractivity contribution in [3.05, 3.63) is 35.4 Å². The molecule has 2 rings (SSSR count). The minimum absolute atomic E-state index is 0.0312. The van der Waals surface area contributed by atoms with Gasteiger partial charge < -0.3 is 14.9 Å². The maximum Gasteiger partial charge on any atom is 0.303 e. The van der Waals surface area contributed by atoms with Crippen LogP contribution in [0.3, 0.4) is 0 Å². The number of benzene rings is 1. The number of carboxylic acid groups (broad SMARTS) is 1. The van der Waals surface area contributed by atoms with Crippen LogP contribution in [-0.2, 0) is 4.79 Å². The van der Waals surface area contributed by atoms with Crippen molar-refractivity contribution >= 4 is 17.8 Å². The molecule has 0 spiro atoms. The number of hydrogen-bond acceptors (Lipinski definition) is 3. The van der Waals surface area contributed by atoms with Gasteiger partial charge >= 0.3 is 5.97 Å². The molecule has 6 nitrogen and oxygen atoms in total. The van der Waals surface area contributed by atoms with E-state index in [1.54, 1.807) is 29.2 Å². The van der Waals surface area contributed by atoms with Crippen LogP contribution in [0.15, 0.2) is 24.3 Å². The molecule has 1 aromatic rings. The Hall–Kier alpha value is -2.37. The molecule has 0 aliphatic carbocycles. The summed E-state index contributed by atoms with van der Waals surface area (Å²) in [4.78, 5) is 40.2. The Morgan fingerprint density at radius 3 is 2.46 bits per heavy atom. The van der Waals surface area contributed by atoms with E-state index in [1.807, 2.05) is 18.7 Å². The highest BCUT2D eigenvalue weighted by Crippen LogP contribution is 2.23. The minimum Gasteiger partial charge on any atom is -0.481 e. The zero-order chi connectivity index (χ0) is 20.5. The summed E-state index contributed by atoms with van der Waals surface area (Å²) in [5.41, 5.74) is 1.07. The van der Waals surface area contributed by atoms with Gasteiger partial charge in [-0.1, -0.05) is 19.9 Å². The Labute approximate surface area is 167 Å². The topological polar surface area (TPSA) is 77.9 Å². The van der Waals surface area contributed by atoms with Crippen LogP contribution >= 0.6 is 0 Å². The zero-order valence-electron chi connectivity index (χ0n) is 17.0. The summed E-state index contributed by atoms with van der Waals surface area (Å²) in [6.45, 7) is 6.78. The van der Waals surface area contributed by atoms with Gasteiger partial charge in [0.15, 0.2) is 0 Å². The van der Waals surface area contributed by atoms with Gasteiger partial charge in [-0.25, -0.2) is 0 Å². The first-order valence-electron chi connectivity index (χ1n) is 10.4. The summed E-state index contributed by atoms with van der Waals surface area (Å²) in [5.74, 6) is -0.676. The molecule has 1 aromatic carbocycles. The van der Waals surface area contributed by atoms with Crippen LogP contribution in [0.2, 0.25) is 0 Å². The zero-order valence-corrected chi connectivity index (χ0v) is 17.0. The Kier molecular flexibility index (Phi) is 8.48. The summed E-state index contributed by atoms with van der Waals surface area (Å²) in [6, 6.07) is 6.99. The van der Waals surface area contributed by atoms with Gasteiger partial charge in [0.1, 0.15) is 0 Å². The first-order chi connectivity index (χ1) is 13.5. The molecular formula is C22H32N2O4. The molecule has 1 unspecified atom stereocenters. The normalized spacial score (nSPS) is 16.6. The number of carbonyl (C=O) groups is 3. The number of hydrogen-bond donors (Lipinski definition) is 1. The quantitative estimate of drug-likeness (QED) is 0.700. The summed E-state index contributed by atoms with van der Waals surface area (Å²) < 4.78 is 0. The molecule has 2 amide bonds. The molecule has 1 atom stereocenters. The lowest BCUT2D eigenvalue weighted by Crippen LogP contribution is -2.40. The number of nitrogens with zero attached hydrogens (tertiary/aromatic N) is 2. The van der Waals surface area contributed by atoms with Gasteiger partial charge in [-0.3, -0.25) is 14.4 Å². The highest BCUT2D eigenvalue weighted by Gasteiger charge is 2.25. The maximum absolute atomic E-state index is 13.0. The monoisotopic (exact) mass is 388 g/mol.